The van der Waals surface area contributed by atoms with Crippen LogP contribution < -0.4 is 5.32 Å². The minimum Gasteiger partial charge on any atom is -0.321 e. The SMILES string of the molecule is CCc1ncc(C(=O)Nc2cccc(CN(C)C)c2)s1. The lowest BCUT2D eigenvalue weighted by molar-refractivity contribution is 0.103. The van der Waals surface area contributed by atoms with Gasteiger partial charge in [-0.05, 0) is 38.2 Å². The predicted octanol–water partition coefficient (Wildman–Crippen LogP) is 3.02. The first-order chi connectivity index (χ1) is 9.58. The van der Waals surface area contributed by atoms with Gasteiger partial charge in [-0.1, -0.05) is 19.1 Å². The van der Waals surface area contributed by atoms with E-state index >= 15 is 0 Å². The molecule has 0 aliphatic heterocycles. The molecule has 0 fully saturated rings. The van der Waals surface area contributed by atoms with E-state index in [2.05, 4.69) is 21.3 Å². The van der Waals surface area contributed by atoms with Crippen molar-refractivity contribution in [1.29, 1.82) is 0 Å². The van der Waals surface area contributed by atoms with Crippen LogP contribution >= 0.6 is 11.3 Å². The Bertz CT molecular complexity index is 592. The monoisotopic (exact) mass is 289 g/mol. The lowest BCUT2D eigenvalue weighted by atomic mass is 10.2. The molecule has 0 radical (unpaired) electrons. The summed E-state index contributed by atoms with van der Waals surface area (Å²) in [7, 11) is 4.05. The van der Waals surface area contributed by atoms with Crippen molar-refractivity contribution in [3.05, 3.63) is 45.9 Å². The molecule has 1 heterocycles. The molecule has 2 aromatic rings. The first-order valence-corrected chi connectivity index (χ1v) is 7.40. The van der Waals surface area contributed by atoms with Gasteiger partial charge in [-0.15, -0.1) is 11.3 Å². The van der Waals surface area contributed by atoms with E-state index in [9.17, 15) is 4.79 Å². The molecule has 1 amide bonds. The first kappa shape index (κ1) is 14.7. The molecule has 0 atom stereocenters. The Labute approximate surface area is 123 Å². The van der Waals surface area contributed by atoms with Crippen molar-refractivity contribution in [1.82, 2.24) is 9.88 Å². The molecule has 20 heavy (non-hydrogen) atoms. The lowest BCUT2D eigenvalue weighted by Crippen LogP contribution is -2.12. The summed E-state index contributed by atoms with van der Waals surface area (Å²) >= 11 is 1.44. The molecule has 0 aliphatic rings. The topological polar surface area (TPSA) is 45.2 Å². The van der Waals surface area contributed by atoms with Crippen LogP contribution in [0, 0.1) is 0 Å². The third kappa shape index (κ3) is 3.88. The molecular weight excluding hydrogens is 270 g/mol. The average molecular weight is 289 g/mol. The van der Waals surface area contributed by atoms with Crippen molar-refractivity contribution >= 4 is 22.9 Å². The van der Waals surface area contributed by atoms with E-state index in [1.807, 2.05) is 39.2 Å². The van der Waals surface area contributed by atoms with E-state index in [0.29, 0.717) is 4.88 Å². The van der Waals surface area contributed by atoms with E-state index in [1.165, 1.54) is 16.9 Å². The highest BCUT2D eigenvalue weighted by Crippen LogP contribution is 2.17. The zero-order valence-electron chi connectivity index (χ0n) is 12.0. The Hall–Kier alpha value is -1.72. The molecule has 106 valence electrons. The summed E-state index contributed by atoms with van der Waals surface area (Å²) in [6.07, 6.45) is 2.50. The Morgan fingerprint density at radius 2 is 2.20 bits per heavy atom. The Kier molecular flexibility index (Phi) is 4.87. The minimum atomic E-state index is -0.0933. The number of hydrogen-bond donors (Lipinski definition) is 1. The second-order valence-corrected chi connectivity index (χ2v) is 5.98. The smallest absolute Gasteiger partial charge is 0.267 e. The fourth-order valence-electron chi connectivity index (χ4n) is 1.88. The van der Waals surface area contributed by atoms with Gasteiger partial charge in [0.1, 0.15) is 4.88 Å². The average Bonchev–Trinajstić information content (AvgIpc) is 2.87. The number of anilines is 1. The number of benzene rings is 1. The van der Waals surface area contributed by atoms with Crippen molar-refractivity contribution in [2.75, 3.05) is 19.4 Å². The lowest BCUT2D eigenvalue weighted by Gasteiger charge is -2.11. The second kappa shape index (κ2) is 6.63. The van der Waals surface area contributed by atoms with Crippen molar-refractivity contribution in [2.24, 2.45) is 0 Å². The Morgan fingerprint density at radius 1 is 1.40 bits per heavy atom. The van der Waals surface area contributed by atoms with Crippen LogP contribution in [0.15, 0.2) is 30.5 Å². The summed E-state index contributed by atoms with van der Waals surface area (Å²) in [4.78, 5) is 19.1. The molecular formula is C15H19N3OS. The Balaban J connectivity index is 2.07. The molecule has 5 heteroatoms. The van der Waals surface area contributed by atoms with Gasteiger partial charge in [0.05, 0.1) is 11.2 Å². The van der Waals surface area contributed by atoms with Gasteiger partial charge in [-0.25, -0.2) is 4.98 Å². The summed E-state index contributed by atoms with van der Waals surface area (Å²) in [5.41, 5.74) is 1.99. The molecule has 0 saturated heterocycles. The van der Waals surface area contributed by atoms with E-state index in [-0.39, 0.29) is 5.91 Å². The van der Waals surface area contributed by atoms with E-state index in [4.69, 9.17) is 0 Å². The van der Waals surface area contributed by atoms with Crippen LogP contribution in [0.3, 0.4) is 0 Å². The number of aryl methyl sites for hydroxylation is 1. The maximum atomic E-state index is 12.1. The number of carbonyl (C=O) groups is 1. The number of amides is 1. The van der Waals surface area contributed by atoms with Crippen LogP contribution in [-0.4, -0.2) is 29.9 Å². The third-order valence-electron chi connectivity index (χ3n) is 2.76. The summed E-state index contributed by atoms with van der Waals surface area (Å²) in [5, 5.41) is 3.91. The largest absolute Gasteiger partial charge is 0.321 e. The van der Waals surface area contributed by atoms with Crippen LogP contribution in [0.1, 0.15) is 27.2 Å². The molecule has 0 bridgehead atoms. The van der Waals surface area contributed by atoms with Crippen LogP contribution in [0.2, 0.25) is 0 Å². The number of rotatable bonds is 5. The predicted molar refractivity (Wildman–Crippen MR) is 83.3 cm³/mol. The van der Waals surface area contributed by atoms with Gasteiger partial charge in [-0.3, -0.25) is 4.79 Å². The highest BCUT2D eigenvalue weighted by molar-refractivity contribution is 7.13. The molecule has 0 aliphatic carbocycles. The molecule has 0 unspecified atom stereocenters. The summed E-state index contributed by atoms with van der Waals surface area (Å²) in [6.45, 7) is 2.88. The van der Waals surface area contributed by atoms with Gasteiger partial charge in [0.2, 0.25) is 0 Å². The number of hydrogen-bond acceptors (Lipinski definition) is 4. The number of aromatic nitrogens is 1. The van der Waals surface area contributed by atoms with Gasteiger partial charge < -0.3 is 10.2 Å². The molecule has 0 spiro atoms. The maximum absolute atomic E-state index is 12.1. The standard InChI is InChI=1S/C15H19N3OS/c1-4-14-16-9-13(20-14)15(19)17-12-7-5-6-11(8-12)10-18(2)3/h5-9H,4,10H2,1-3H3,(H,17,19). The van der Waals surface area contributed by atoms with E-state index in [0.717, 1.165) is 23.7 Å². The first-order valence-electron chi connectivity index (χ1n) is 6.58. The number of nitrogens with zero attached hydrogens (tertiary/aromatic N) is 2. The van der Waals surface area contributed by atoms with Crippen LogP contribution in [0.25, 0.3) is 0 Å². The van der Waals surface area contributed by atoms with Crippen molar-refractivity contribution < 1.29 is 4.79 Å². The molecule has 2 rings (SSSR count). The second-order valence-electron chi connectivity index (χ2n) is 4.86. The van der Waals surface area contributed by atoms with Gasteiger partial charge in [0, 0.05) is 12.2 Å². The van der Waals surface area contributed by atoms with Crippen molar-refractivity contribution in [3.8, 4) is 0 Å². The van der Waals surface area contributed by atoms with Gasteiger partial charge in [0.25, 0.3) is 5.91 Å². The van der Waals surface area contributed by atoms with E-state index < -0.39 is 0 Å². The normalized spacial score (nSPS) is 10.8. The van der Waals surface area contributed by atoms with E-state index in [1.54, 1.807) is 6.20 Å². The zero-order valence-corrected chi connectivity index (χ0v) is 12.8. The van der Waals surface area contributed by atoms with Gasteiger partial charge in [0.15, 0.2) is 0 Å². The highest BCUT2D eigenvalue weighted by atomic mass is 32.1. The molecule has 0 saturated carbocycles. The van der Waals surface area contributed by atoms with Crippen molar-refractivity contribution in [2.45, 2.75) is 19.9 Å². The molecule has 1 aromatic carbocycles. The van der Waals surface area contributed by atoms with Crippen molar-refractivity contribution in [3.63, 3.8) is 0 Å². The molecule has 1 N–H and O–H groups in total. The number of nitrogens with one attached hydrogen (secondary N) is 1. The zero-order chi connectivity index (χ0) is 14.5. The highest BCUT2D eigenvalue weighted by Gasteiger charge is 2.10. The fourth-order valence-corrected chi connectivity index (χ4v) is 2.64. The quantitative estimate of drug-likeness (QED) is 0.920. The number of thiazole rings is 1. The Morgan fingerprint density at radius 3 is 2.85 bits per heavy atom. The molecule has 4 nitrogen and oxygen atoms in total. The summed E-state index contributed by atoms with van der Waals surface area (Å²) < 4.78 is 0. The summed E-state index contributed by atoms with van der Waals surface area (Å²) in [6, 6.07) is 7.91. The van der Waals surface area contributed by atoms with Gasteiger partial charge in [-0.2, -0.15) is 0 Å². The minimum absolute atomic E-state index is 0.0933. The van der Waals surface area contributed by atoms with Gasteiger partial charge >= 0.3 is 0 Å². The third-order valence-corrected chi connectivity index (χ3v) is 3.90. The molecule has 1 aromatic heterocycles. The fraction of sp³-hybridized carbons (Fsp3) is 0.333. The van der Waals surface area contributed by atoms with Crippen LogP contribution in [0.5, 0.6) is 0 Å². The maximum Gasteiger partial charge on any atom is 0.267 e. The van der Waals surface area contributed by atoms with Crippen LogP contribution in [0.4, 0.5) is 5.69 Å². The van der Waals surface area contributed by atoms with Crippen LogP contribution in [-0.2, 0) is 13.0 Å². The summed E-state index contributed by atoms with van der Waals surface area (Å²) in [5.74, 6) is -0.0933. The number of carbonyl (C=O) groups excluding carboxylic acids is 1.